The molecule has 2 rings (SSSR count). The van der Waals surface area contributed by atoms with E-state index in [1.165, 1.54) is 6.42 Å². The average Bonchev–Trinajstić information content (AvgIpc) is 2.54. The molecule has 0 saturated heterocycles. The summed E-state index contributed by atoms with van der Waals surface area (Å²) in [7, 11) is 0. The fourth-order valence-electron chi connectivity index (χ4n) is 2.95. The molecular weight excluding hydrogens is 193 g/mol. The van der Waals surface area contributed by atoms with Crippen LogP contribution < -0.4 is 0 Å². The molecular formula is C10H15F3O. The van der Waals surface area contributed by atoms with E-state index >= 15 is 0 Å². The lowest BCUT2D eigenvalue weighted by Crippen LogP contribution is -2.17. The Kier molecular flexibility index (Phi) is 2.50. The third kappa shape index (κ3) is 2.05. The number of alkyl halides is 3. The summed E-state index contributed by atoms with van der Waals surface area (Å²) in [5, 5.41) is 9.56. The first-order valence-corrected chi connectivity index (χ1v) is 5.24. The predicted octanol–water partition coefficient (Wildman–Crippen LogP) is 2.74. The van der Waals surface area contributed by atoms with Crippen molar-refractivity contribution < 1.29 is 18.3 Å². The van der Waals surface area contributed by atoms with Gasteiger partial charge in [-0.05, 0) is 37.0 Å². The van der Waals surface area contributed by atoms with E-state index < -0.39 is 18.7 Å². The van der Waals surface area contributed by atoms with Crippen molar-refractivity contribution in [2.24, 2.45) is 17.8 Å². The zero-order chi connectivity index (χ0) is 10.3. The van der Waals surface area contributed by atoms with E-state index in [-0.39, 0.29) is 12.3 Å². The molecule has 0 bridgehead atoms. The molecule has 0 aliphatic heterocycles. The highest BCUT2D eigenvalue weighted by Crippen LogP contribution is 2.59. The van der Waals surface area contributed by atoms with Crippen LogP contribution in [0, 0.1) is 17.8 Å². The third-order valence-electron chi connectivity index (χ3n) is 3.64. The van der Waals surface area contributed by atoms with Crippen LogP contribution >= 0.6 is 0 Å². The van der Waals surface area contributed by atoms with Gasteiger partial charge in [-0.2, -0.15) is 13.2 Å². The Balaban J connectivity index is 1.72. The van der Waals surface area contributed by atoms with Gasteiger partial charge in [-0.1, -0.05) is 6.42 Å². The molecule has 0 radical (unpaired) electrons. The van der Waals surface area contributed by atoms with Gasteiger partial charge in [0.25, 0.3) is 0 Å². The normalized spacial score (nSPS) is 38.1. The van der Waals surface area contributed by atoms with Gasteiger partial charge in [-0.15, -0.1) is 0 Å². The quantitative estimate of drug-likeness (QED) is 0.756. The molecule has 2 aliphatic rings. The van der Waals surface area contributed by atoms with Crippen LogP contribution in [0.1, 0.15) is 32.1 Å². The highest BCUT2D eigenvalue weighted by Gasteiger charge is 2.55. The summed E-state index contributed by atoms with van der Waals surface area (Å²) in [6.07, 6.45) is -2.38. The summed E-state index contributed by atoms with van der Waals surface area (Å²) in [5.41, 5.74) is 0. The number of fused-ring (bicyclic) bond motifs is 1. The largest absolute Gasteiger partial charge is 0.393 e. The molecule has 14 heavy (non-hydrogen) atoms. The number of aliphatic hydroxyl groups excluding tert-OH is 1. The van der Waals surface area contributed by atoms with E-state index in [4.69, 9.17) is 0 Å². The minimum atomic E-state index is -4.12. The first kappa shape index (κ1) is 10.3. The van der Waals surface area contributed by atoms with E-state index in [1.54, 1.807) is 0 Å². The van der Waals surface area contributed by atoms with Crippen molar-refractivity contribution in [2.75, 3.05) is 0 Å². The van der Waals surface area contributed by atoms with Crippen LogP contribution in [-0.2, 0) is 0 Å². The minimum Gasteiger partial charge on any atom is -0.393 e. The van der Waals surface area contributed by atoms with E-state index in [9.17, 15) is 18.3 Å². The number of halogens is 3. The Morgan fingerprint density at radius 3 is 2.29 bits per heavy atom. The van der Waals surface area contributed by atoms with Gasteiger partial charge < -0.3 is 5.11 Å². The fraction of sp³-hybridized carbons (Fsp3) is 1.00. The first-order chi connectivity index (χ1) is 6.49. The summed E-state index contributed by atoms with van der Waals surface area (Å²) in [5.74, 6) is 1.27. The molecule has 1 N–H and O–H groups in total. The molecule has 0 spiro atoms. The van der Waals surface area contributed by atoms with Gasteiger partial charge in [-0.3, -0.25) is 0 Å². The highest BCUT2D eigenvalue weighted by molar-refractivity contribution is 5.04. The third-order valence-corrected chi connectivity index (χ3v) is 3.64. The SMILES string of the molecule is OC(CCC(F)(F)F)C1C2CCCC21. The van der Waals surface area contributed by atoms with Crippen LogP contribution in [0.3, 0.4) is 0 Å². The molecule has 0 aromatic rings. The molecule has 0 heterocycles. The molecule has 1 nitrogen and oxygen atoms in total. The van der Waals surface area contributed by atoms with Gasteiger partial charge in [0.05, 0.1) is 6.10 Å². The van der Waals surface area contributed by atoms with Crippen LogP contribution in [0.5, 0.6) is 0 Å². The molecule has 4 heteroatoms. The van der Waals surface area contributed by atoms with Gasteiger partial charge in [0.2, 0.25) is 0 Å². The smallest absolute Gasteiger partial charge is 0.389 e. The maximum atomic E-state index is 11.9. The second kappa shape index (κ2) is 3.40. The zero-order valence-electron chi connectivity index (χ0n) is 7.93. The van der Waals surface area contributed by atoms with Crippen molar-refractivity contribution in [3.05, 3.63) is 0 Å². The minimum absolute atomic E-state index is 0.110. The lowest BCUT2D eigenvalue weighted by molar-refractivity contribution is -0.140. The number of hydrogen-bond donors (Lipinski definition) is 1. The molecule has 3 unspecified atom stereocenters. The Morgan fingerprint density at radius 1 is 1.21 bits per heavy atom. The molecule has 0 amide bonds. The van der Waals surface area contributed by atoms with E-state index in [1.807, 2.05) is 0 Å². The topological polar surface area (TPSA) is 20.2 Å². The molecule has 2 saturated carbocycles. The van der Waals surface area contributed by atoms with Crippen molar-refractivity contribution in [3.8, 4) is 0 Å². The summed E-state index contributed by atoms with van der Waals surface area (Å²) >= 11 is 0. The van der Waals surface area contributed by atoms with Crippen LogP contribution in [0.4, 0.5) is 13.2 Å². The molecule has 82 valence electrons. The number of aliphatic hydroxyl groups is 1. The maximum Gasteiger partial charge on any atom is 0.389 e. The Labute approximate surface area is 81.3 Å². The van der Waals surface area contributed by atoms with Gasteiger partial charge in [-0.25, -0.2) is 0 Å². The average molecular weight is 208 g/mol. The van der Waals surface area contributed by atoms with Crippen LogP contribution in [0.15, 0.2) is 0 Å². The fourth-order valence-corrected chi connectivity index (χ4v) is 2.95. The summed E-state index contributed by atoms with van der Waals surface area (Å²) in [6, 6.07) is 0. The highest BCUT2D eigenvalue weighted by atomic mass is 19.4. The van der Waals surface area contributed by atoms with Gasteiger partial charge >= 0.3 is 6.18 Å². The van der Waals surface area contributed by atoms with Gasteiger partial charge in [0.15, 0.2) is 0 Å². The van der Waals surface area contributed by atoms with Crippen molar-refractivity contribution in [1.82, 2.24) is 0 Å². The lowest BCUT2D eigenvalue weighted by atomic mass is 10.0. The van der Waals surface area contributed by atoms with Crippen LogP contribution in [0.25, 0.3) is 0 Å². The van der Waals surface area contributed by atoms with E-state index in [0.29, 0.717) is 11.8 Å². The summed E-state index contributed by atoms with van der Waals surface area (Å²) in [6.45, 7) is 0. The molecule has 2 fully saturated rings. The summed E-state index contributed by atoms with van der Waals surface area (Å²) < 4.78 is 35.6. The number of rotatable bonds is 3. The molecule has 2 aliphatic carbocycles. The first-order valence-electron chi connectivity index (χ1n) is 5.24. The van der Waals surface area contributed by atoms with Crippen LogP contribution in [-0.4, -0.2) is 17.4 Å². The molecule has 3 atom stereocenters. The lowest BCUT2D eigenvalue weighted by Gasteiger charge is -2.13. The Hall–Kier alpha value is -0.250. The standard InChI is InChI=1S/C10H15F3O/c11-10(12,13)5-4-8(14)9-6-2-1-3-7(6)9/h6-9,14H,1-5H2. The van der Waals surface area contributed by atoms with Crippen molar-refractivity contribution in [2.45, 2.75) is 44.4 Å². The Bertz CT molecular complexity index is 204. The van der Waals surface area contributed by atoms with Crippen molar-refractivity contribution in [1.29, 1.82) is 0 Å². The second-order valence-corrected chi connectivity index (χ2v) is 4.56. The monoisotopic (exact) mass is 208 g/mol. The van der Waals surface area contributed by atoms with Gasteiger partial charge in [0, 0.05) is 6.42 Å². The Morgan fingerprint density at radius 2 is 1.79 bits per heavy atom. The molecule has 0 aromatic heterocycles. The van der Waals surface area contributed by atoms with Gasteiger partial charge in [0.1, 0.15) is 0 Å². The maximum absolute atomic E-state index is 11.9. The van der Waals surface area contributed by atoms with E-state index in [0.717, 1.165) is 12.8 Å². The zero-order valence-corrected chi connectivity index (χ0v) is 7.93. The summed E-state index contributed by atoms with van der Waals surface area (Å²) in [4.78, 5) is 0. The van der Waals surface area contributed by atoms with Crippen LogP contribution in [0.2, 0.25) is 0 Å². The molecule has 0 aromatic carbocycles. The van der Waals surface area contributed by atoms with E-state index in [2.05, 4.69) is 0 Å². The van der Waals surface area contributed by atoms with Crippen molar-refractivity contribution in [3.63, 3.8) is 0 Å². The predicted molar refractivity (Wildman–Crippen MR) is 45.6 cm³/mol. The van der Waals surface area contributed by atoms with Crippen molar-refractivity contribution >= 4 is 0 Å². The number of hydrogen-bond acceptors (Lipinski definition) is 1. The second-order valence-electron chi connectivity index (χ2n) is 4.56.